The average molecular weight is 909 g/mol. The molecule has 0 atom stereocenters. The second kappa shape index (κ2) is 22.8. The van der Waals surface area contributed by atoms with Gasteiger partial charge in [0.15, 0.2) is 0 Å². The number of hydrogen-bond acceptors (Lipinski definition) is 2. The van der Waals surface area contributed by atoms with Crippen LogP contribution in [0.3, 0.4) is 0 Å². The monoisotopic (exact) mass is 906 g/mol. The summed E-state index contributed by atoms with van der Waals surface area (Å²) in [4.78, 5) is 5.87. The van der Waals surface area contributed by atoms with Crippen molar-refractivity contribution in [1.29, 1.82) is 0 Å². The highest BCUT2D eigenvalue weighted by Gasteiger charge is 2.36. The molecule has 1 aliphatic rings. The number of benzene rings is 5. The number of hydrogen-bond donors (Lipinski definition) is 0. The van der Waals surface area contributed by atoms with Crippen LogP contribution in [-0.2, 0) is 5.41 Å². The standard InChI is InChI=1S/C49H46N2.2C3H7Br/c1-7-11-19-39(9-3)50(41-21-15-13-16-22-41)43-30-27-37(28-31-43)25-26-38-29-33-45-46-34-32-44(36-48(46)49(5,6)47(45)35-38)51(40(10-4)20-12-8-2)42-23-17-14-18-24-42;2*1-3(2)4/h7-36H,1-2H2,3-6H3;2*3H,1-2H3/b19-11-,20-12-,26-25+,39-9+,40-10+;;. The highest BCUT2D eigenvalue weighted by atomic mass is 79.9. The molecule has 0 spiro atoms. The van der Waals surface area contributed by atoms with E-state index >= 15 is 0 Å². The van der Waals surface area contributed by atoms with Gasteiger partial charge in [0.25, 0.3) is 0 Å². The first kappa shape index (κ1) is 46.5. The van der Waals surface area contributed by atoms with Crippen molar-refractivity contribution in [3.8, 4) is 11.1 Å². The molecule has 0 saturated carbocycles. The van der Waals surface area contributed by atoms with Gasteiger partial charge in [-0.05, 0) is 108 Å². The zero-order valence-electron chi connectivity index (χ0n) is 36.0. The van der Waals surface area contributed by atoms with Crippen molar-refractivity contribution in [3.05, 3.63) is 217 Å². The van der Waals surface area contributed by atoms with Crippen LogP contribution in [0.2, 0.25) is 0 Å². The molecule has 6 rings (SSSR count). The van der Waals surface area contributed by atoms with Crippen LogP contribution in [0.15, 0.2) is 194 Å². The first-order chi connectivity index (χ1) is 28.4. The molecule has 0 aromatic heterocycles. The van der Waals surface area contributed by atoms with Gasteiger partial charge in [0, 0.05) is 49.2 Å². The maximum Gasteiger partial charge on any atom is 0.0464 e. The van der Waals surface area contributed by atoms with Gasteiger partial charge in [-0.1, -0.05) is 208 Å². The fraction of sp³-hybridized carbons (Fsp3) is 0.200. The molecule has 0 bridgehead atoms. The lowest BCUT2D eigenvalue weighted by Gasteiger charge is -2.28. The number of halogens is 2. The van der Waals surface area contributed by atoms with E-state index in [1.807, 2.05) is 24.3 Å². The summed E-state index contributed by atoms with van der Waals surface area (Å²) in [6, 6.07) is 43.5. The molecular formula is C55H60Br2N2. The second-order valence-electron chi connectivity index (χ2n) is 15.1. The Morgan fingerprint density at radius 2 is 0.898 bits per heavy atom. The number of para-hydroxylation sites is 2. The number of allylic oxidation sites excluding steroid dienone is 8. The summed E-state index contributed by atoms with van der Waals surface area (Å²) in [7, 11) is 0. The number of fused-ring (bicyclic) bond motifs is 3. The molecule has 0 heterocycles. The summed E-state index contributed by atoms with van der Waals surface area (Å²) >= 11 is 6.54. The minimum atomic E-state index is -0.160. The average Bonchev–Trinajstić information content (AvgIpc) is 3.45. The number of rotatable bonds is 12. The molecule has 0 amide bonds. The van der Waals surface area contributed by atoms with E-state index in [0.29, 0.717) is 9.65 Å². The van der Waals surface area contributed by atoms with Crippen molar-refractivity contribution < 1.29 is 0 Å². The summed E-state index contributed by atoms with van der Waals surface area (Å²) in [6.45, 7) is 24.9. The molecule has 0 N–H and O–H groups in total. The maximum absolute atomic E-state index is 3.89. The molecule has 2 nitrogen and oxygen atoms in total. The summed E-state index contributed by atoms with van der Waals surface area (Å²) in [6.07, 6.45) is 20.5. The summed E-state index contributed by atoms with van der Waals surface area (Å²) < 4.78 is 0. The first-order valence-electron chi connectivity index (χ1n) is 20.3. The summed E-state index contributed by atoms with van der Waals surface area (Å²) in [5.41, 5.74) is 14.1. The van der Waals surface area contributed by atoms with Crippen LogP contribution in [0.1, 0.15) is 77.6 Å². The normalized spacial score (nSPS) is 13.2. The maximum atomic E-state index is 3.89. The molecular weight excluding hydrogens is 848 g/mol. The van der Waals surface area contributed by atoms with Crippen LogP contribution in [0, 0.1) is 0 Å². The molecule has 1 aliphatic carbocycles. The third-order valence-electron chi connectivity index (χ3n) is 9.50. The van der Waals surface area contributed by atoms with Crippen LogP contribution in [0.4, 0.5) is 22.7 Å². The molecule has 5 aromatic carbocycles. The van der Waals surface area contributed by atoms with E-state index in [0.717, 1.165) is 39.7 Å². The minimum Gasteiger partial charge on any atom is -0.311 e. The molecule has 5 aromatic rings. The number of alkyl halides is 2. The summed E-state index contributed by atoms with van der Waals surface area (Å²) in [5, 5.41) is 0. The van der Waals surface area contributed by atoms with E-state index in [4.69, 9.17) is 0 Å². The first-order valence-corrected chi connectivity index (χ1v) is 22.2. The van der Waals surface area contributed by atoms with E-state index in [2.05, 4.69) is 262 Å². The quantitative estimate of drug-likeness (QED) is 0.0699. The Balaban J connectivity index is 0.000000882. The predicted molar refractivity (Wildman–Crippen MR) is 271 cm³/mol. The van der Waals surface area contributed by atoms with Crippen molar-refractivity contribution in [2.75, 3.05) is 9.80 Å². The van der Waals surface area contributed by atoms with Crippen LogP contribution in [0.25, 0.3) is 23.3 Å². The van der Waals surface area contributed by atoms with Crippen LogP contribution in [-0.4, -0.2) is 9.65 Å². The smallest absolute Gasteiger partial charge is 0.0464 e. The molecule has 0 fully saturated rings. The lowest BCUT2D eigenvalue weighted by atomic mass is 9.81. The Morgan fingerprint density at radius 1 is 0.525 bits per heavy atom. The fourth-order valence-corrected chi connectivity index (χ4v) is 6.89. The highest BCUT2D eigenvalue weighted by Crippen LogP contribution is 2.50. The molecule has 0 radical (unpaired) electrons. The summed E-state index contributed by atoms with van der Waals surface area (Å²) in [5.74, 6) is 0. The third kappa shape index (κ3) is 12.7. The van der Waals surface area contributed by atoms with Gasteiger partial charge in [-0.2, -0.15) is 0 Å². The van der Waals surface area contributed by atoms with Gasteiger partial charge in [-0.3, -0.25) is 0 Å². The van der Waals surface area contributed by atoms with Gasteiger partial charge in [-0.15, -0.1) is 0 Å². The molecule has 0 unspecified atom stereocenters. The van der Waals surface area contributed by atoms with E-state index < -0.39 is 0 Å². The topological polar surface area (TPSA) is 6.48 Å². The lowest BCUT2D eigenvalue weighted by Crippen LogP contribution is -2.18. The van der Waals surface area contributed by atoms with Crippen molar-refractivity contribution in [1.82, 2.24) is 0 Å². The molecule has 0 aliphatic heterocycles. The zero-order chi connectivity index (χ0) is 43.0. The highest BCUT2D eigenvalue weighted by molar-refractivity contribution is 9.09. The Bertz CT molecular complexity index is 2260. The molecule has 304 valence electrons. The SMILES string of the molecule is C=C/C=C\C(=C/C)N(c1ccccc1)c1ccc(/C=C/c2ccc3c(c2)C(C)(C)c2cc(N(C(/C=C\C=C)=C/C)c4ccccc4)ccc2-3)cc1.CC(C)Br.CC(C)Br. The Hall–Kier alpha value is -5.16. The van der Waals surface area contributed by atoms with Crippen LogP contribution >= 0.6 is 31.9 Å². The van der Waals surface area contributed by atoms with Crippen LogP contribution in [0.5, 0.6) is 0 Å². The van der Waals surface area contributed by atoms with Gasteiger partial charge < -0.3 is 9.80 Å². The van der Waals surface area contributed by atoms with E-state index in [9.17, 15) is 0 Å². The molecule has 4 heteroatoms. The Labute approximate surface area is 372 Å². The van der Waals surface area contributed by atoms with E-state index in [1.54, 1.807) is 6.08 Å². The number of anilines is 4. The lowest BCUT2D eigenvalue weighted by molar-refractivity contribution is 0.660. The predicted octanol–water partition coefficient (Wildman–Crippen LogP) is 17.3. The van der Waals surface area contributed by atoms with E-state index in [-0.39, 0.29) is 5.41 Å². The van der Waals surface area contributed by atoms with Crippen molar-refractivity contribution in [2.45, 2.75) is 70.5 Å². The van der Waals surface area contributed by atoms with Gasteiger partial charge in [-0.25, -0.2) is 0 Å². The molecule has 0 saturated heterocycles. The van der Waals surface area contributed by atoms with Gasteiger partial charge >= 0.3 is 0 Å². The van der Waals surface area contributed by atoms with Crippen LogP contribution < -0.4 is 9.80 Å². The fourth-order valence-electron chi connectivity index (χ4n) is 6.89. The van der Waals surface area contributed by atoms with Gasteiger partial charge in [0.05, 0.1) is 0 Å². The van der Waals surface area contributed by atoms with Gasteiger partial charge in [0.1, 0.15) is 0 Å². The molecule has 59 heavy (non-hydrogen) atoms. The van der Waals surface area contributed by atoms with E-state index in [1.165, 1.54) is 27.8 Å². The van der Waals surface area contributed by atoms with Crippen molar-refractivity contribution in [3.63, 3.8) is 0 Å². The van der Waals surface area contributed by atoms with Crippen molar-refractivity contribution in [2.24, 2.45) is 0 Å². The Kier molecular flexibility index (Phi) is 18.0. The zero-order valence-corrected chi connectivity index (χ0v) is 39.2. The largest absolute Gasteiger partial charge is 0.311 e. The third-order valence-corrected chi connectivity index (χ3v) is 9.50. The van der Waals surface area contributed by atoms with Gasteiger partial charge in [0.2, 0.25) is 0 Å². The Morgan fingerprint density at radius 3 is 1.36 bits per heavy atom. The number of nitrogens with zero attached hydrogens (tertiary/aromatic N) is 2. The minimum absolute atomic E-state index is 0.160. The van der Waals surface area contributed by atoms with Crippen molar-refractivity contribution >= 4 is 66.8 Å². The second-order valence-corrected chi connectivity index (χ2v) is 18.7.